The first-order chi connectivity index (χ1) is 11.1. The third-order valence-electron chi connectivity index (χ3n) is 3.68. The number of carbonyl (C=O) groups is 1. The molecule has 0 saturated heterocycles. The van der Waals surface area contributed by atoms with Gasteiger partial charge in [-0.15, -0.1) is 0 Å². The van der Waals surface area contributed by atoms with Gasteiger partial charge in [-0.1, -0.05) is 51.8 Å². The molecule has 3 nitrogen and oxygen atoms in total. The zero-order valence-corrected chi connectivity index (χ0v) is 14.8. The topological polar surface area (TPSA) is 41.5 Å². The summed E-state index contributed by atoms with van der Waals surface area (Å²) in [6.07, 6.45) is 2.54. The molecule has 5 heteroatoms. The average molecular weight is 392 g/mol. The van der Waals surface area contributed by atoms with Crippen molar-refractivity contribution < 1.29 is 4.79 Å². The van der Waals surface area contributed by atoms with Crippen LogP contribution < -0.4 is 5.43 Å². The third-order valence-corrected chi connectivity index (χ3v) is 4.46. The molecule has 3 rings (SSSR count). The van der Waals surface area contributed by atoms with Crippen LogP contribution >= 0.6 is 27.5 Å². The molecule has 118 valence electrons. The maximum atomic E-state index is 12.1. The second-order valence-corrected chi connectivity index (χ2v) is 6.97. The second-order valence-electron chi connectivity index (χ2n) is 5.62. The molecule has 0 unspecified atom stereocenters. The summed E-state index contributed by atoms with van der Waals surface area (Å²) in [5, 5.41) is 5.04. The van der Waals surface area contributed by atoms with Crippen molar-refractivity contribution in [1.82, 2.24) is 5.43 Å². The number of carbonyl (C=O) groups excluding carboxylic acids is 1. The fourth-order valence-corrected chi connectivity index (χ4v) is 2.71. The summed E-state index contributed by atoms with van der Waals surface area (Å²) in [5.74, 6) is 0.328. The first-order valence-electron chi connectivity index (χ1n) is 7.48. The highest BCUT2D eigenvalue weighted by Crippen LogP contribution is 2.33. The summed E-state index contributed by atoms with van der Waals surface area (Å²) >= 11 is 9.28. The van der Waals surface area contributed by atoms with Crippen LogP contribution in [0.5, 0.6) is 0 Å². The van der Waals surface area contributed by atoms with Crippen LogP contribution in [-0.4, -0.2) is 11.6 Å². The summed E-state index contributed by atoms with van der Waals surface area (Å²) < 4.78 is 1.03. The summed E-state index contributed by atoms with van der Waals surface area (Å²) in [6, 6.07) is 15.3. The number of hydrogen-bond donors (Lipinski definition) is 1. The van der Waals surface area contributed by atoms with Crippen LogP contribution in [0.3, 0.4) is 0 Å². The number of benzene rings is 2. The maximum Gasteiger partial charge on any atom is 0.244 e. The SMILES string of the molecule is O=C(Cc1ccc(Cl)cc1)N/N=C(/c1ccc(Br)cc1)C1CC1. The van der Waals surface area contributed by atoms with Gasteiger partial charge in [0.1, 0.15) is 0 Å². The molecule has 0 atom stereocenters. The van der Waals surface area contributed by atoms with E-state index in [-0.39, 0.29) is 5.91 Å². The summed E-state index contributed by atoms with van der Waals surface area (Å²) in [5.41, 5.74) is 5.62. The first kappa shape index (κ1) is 16.2. The molecule has 1 saturated carbocycles. The van der Waals surface area contributed by atoms with Crippen LogP contribution in [0.4, 0.5) is 0 Å². The molecule has 23 heavy (non-hydrogen) atoms. The van der Waals surface area contributed by atoms with E-state index in [1.54, 1.807) is 12.1 Å². The Bertz CT molecular complexity index is 722. The van der Waals surface area contributed by atoms with Gasteiger partial charge in [-0.05, 0) is 48.2 Å². The molecule has 1 aliphatic carbocycles. The van der Waals surface area contributed by atoms with Gasteiger partial charge in [-0.25, -0.2) is 5.43 Å². The van der Waals surface area contributed by atoms with E-state index in [1.165, 1.54) is 0 Å². The molecule has 0 aliphatic heterocycles. The monoisotopic (exact) mass is 390 g/mol. The normalized spacial score (nSPS) is 14.6. The van der Waals surface area contributed by atoms with Crippen LogP contribution in [0.1, 0.15) is 24.0 Å². The molecule has 0 spiro atoms. The van der Waals surface area contributed by atoms with Crippen molar-refractivity contribution in [1.29, 1.82) is 0 Å². The molecule has 1 fully saturated rings. The minimum Gasteiger partial charge on any atom is -0.273 e. The molecule has 1 amide bonds. The van der Waals surface area contributed by atoms with Gasteiger partial charge in [0.2, 0.25) is 5.91 Å². The van der Waals surface area contributed by atoms with Crippen LogP contribution in [0.2, 0.25) is 5.02 Å². The van der Waals surface area contributed by atoms with Crippen LogP contribution in [0.15, 0.2) is 58.1 Å². The summed E-state index contributed by atoms with van der Waals surface area (Å²) in [6.45, 7) is 0. The molecular weight excluding hydrogens is 376 g/mol. The van der Waals surface area contributed by atoms with Gasteiger partial charge in [-0.3, -0.25) is 4.79 Å². The lowest BCUT2D eigenvalue weighted by molar-refractivity contribution is -0.120. The quantitative estimate of drug-likeness (QED) is 0.588. The fraction of sp³-hybridized carbons (Fsp3) is 0.222. The minimum atomic E-state index is -0.123. The lowest BCUT2D eigenvalue weighted by atomic mass is 10.1. The van der Waals surface area contributed by atoms with E-state index >= 15 is 0 Å². The maximum absolute atomic E-state index is 12.1. The van der Waals surface area contributed by atoms with E-state index in [1.807, 2.05) is 36.4 Å². The Morgan fingerprint density at radius 1 is 1.13 bits per heavy atom. The van der Waals surface area contributed by atoms with E-state index in [9.17, 15) is 4.79 Å². The number of rotatable bonds is 5. The van der Waals surface area contributed by atoms with Crippen molar-refractivity contribution >= 4 is 39.1 Å². The molecule has 1 aliphatic rings. The highest BCUT2D eigenvalue weighted by atomic mass is 79.9. The first-order valence-corrected chi connectivity index (χ1v) is 8.66. The Hall–Kier alpha value is -1.65. The van der Waals surface area contributed by atoms with E-state index in [0.717, 1.165) is 34.2 Å². The van der Waals surface area contributed by atoms with Crippen LogP contribution in [0.25, 0.3) is 0 Å². The van der Waals surface area contributed by atoms with E-state index in [4.69, 9.17) is 11.6 Å². The standard InChI is InChI=1S/C18H16BrClN2O/c19-15-7-5-14(6-8-15)18(13-3-4-13)22-21-17(23)11-12-1-9-16(20)10-2-12/h1-2,5-10,13H,3-4,11H2,(H,21,23)/b22-18+. The molecular formula is C18H16BrClN2O. The van der Waals surface area contributed by atoms with Crippen molar-refractivity contribution in [3.8, 4) is 0 Å². The van der Waals surface area contributed by atoms with Crippen molar-refractivity contribution in [2.75, 3.05) is 0 Å². The molecule has 0 heterocycles. The molecule has 2 aromatic carbocycles. The number of halogens is 2. The number of amides is 1. The molecule has 1 N–H and O–H groups in total. The molecule has 0 bridgehead atoms. The van der Waals surface area contributed by atoms with Crippen molar-refractivity contribution in [2.24, 2.45) is 11.0 Å². The van der Waals surface area contributed by atoms with Crippen LogP contribution in [0, 0.1) is 5.92 Å². The number of hydrazone groups is 1. The van der Waals surface area contributed by atoms with Gasteiger partial charge < -0.3 is 0 Å². The zero-order valence-electron chi connectivity index (χ0n) is 12.4. The summed E-state index contributed by atoms with van der Waals surface area (Å²) in [4.78, 5) is 12.1. The highest BCUT2D eigenvalue weighted by molar-refractivity contribution is 9.10. The van der Waals surface area contributed by atoms with Gasteiger partial charge in [0.15, 0.2) is 0 Å². The lowest BCUT2D eigenvalue weighted by Gasteiger charge is -2.07. The fourth-order valence-electron chi connectivity index (χ4n) is 2.32. The Balaban J connectivity index is 1.67. The summed E-state index contributed by atoms with van der Waals surface area (Å²) in [7, 11) is 0. The zero-order chi connectivity index (χ0) is 16.2. The number of nitrogens with one attached hydrogen (secondary N) is 1. The Kier molecular flexibility index (Phi) is 5.13. The van der Waals surface area contributed by atoms with Crippen molar-refractivity contribution in [3.05, 3.63) is 69.2 Å². The number of hydrogen-bond acceptors (Lipinski definition) is 2. The third kappa shape index (κ3) is 4.66. The lowest BCUT2D eigenvalue weighted by Crippen LogP contribution is -2.22. The predicted octanol–water partition coefficient (Wildman–Crippen LogP) is 4.58. The Morgan fingerprint density at radius 3 is 2.39 bits per heavy atom. The van der Waals surface area contributed by atoms with Crippen LogP contribution in [-0.2, 0) is 11.2 Å². The second kappa shape index (κ2) is 7.28. The van der Waals surface area contributed by atoms with Gasteiger partial charge in [0.25, 0.3) is 0 Å². The number of nitrogens with zero attached hydrogens (tertiary/aromatic N) is 1. The Labute approximate surface area is 148 Å². The minimum absolute atomic E-state index is 0.123. The van der Waals surface area contributed by atoms with E-state index in [0.29, 0.717) is 17.4 Å². The molecule has 2 aromatic rings. The molecule has 0 aromatic heterocycles. The largest absolute Gasteiger partial charge is 0.273 e. The van der Waals surface area contributed by atoms with E-state index in [2.05, 4.69) is 26.5 Å². The Morgan fingerprint density at radius 2 is 1.78 bits per heavy atom. The van der Waals surface area contributed by atoms with Crippen molar-refractivity contribution in [2.45, 2.75) is 19.3 Å². The average Bonchev–Trinajstić information content (AvgIpc) is 3.36. The van der Waals surface area contributed by atoms with Gasteiger partial charge in [-0.2, -0.15) is 5.10 Å². The van der Waals surface area contributed by atoms with Gasteiger partial charge in [0.05, 0.1) is 12.1 Å². The van der Waals surface area contributed by atoms with Gasteiger partial charge in [0, 0.05) is 15.4 Å². The smallest absolute Gasteiger partial charge is 0.244 e. The van der Waals surface area contributed by atoms with E-state index < -0.39 is 0 Å². The predicted molar refractivity (Wildman–Crippen MR) is 96.7 cm³/mol. The molecule has 0 radical (unpaired) electrons. The van der Waals surface area contributed by atoms with Gasteiger partial charge >= 0.3 is 0 Å². The van der Waals surface area contributed by atoms with Crippen molar-refractivity contribution in [3.63, 3.8) is 0 Å². The highest BCUT2D eigenvalue weighted by Gasteiger charge is 2.28.